The first kappa shape index (κ1) is 29.1. The fourth-order valence-corrected chi connectivity index (χ4v) is 8.17. The third-order valence-electron chi connectivity index (χ3n) is 10.5. The third-order valence-corrected chi connectivity index (χ3v) is 10.5. The Morgan fingerprint density at radius 1 is 0.935 bits per heavy atom. The Kier molecular flexibility index (Phi) is 6.86. The van der Waals surface area contributed by atoms with Gasteiger partial charge in [0.2, 0.25) is 11.8 Å². The van der Waals surface area contributed by atoms with Gasteiger partial charge in [-0.2, -0.15) is 0 Å². The maximum atomic E-state index is 13.1. The molecule has 4 fully saturated rings. The summed E-state index contributed by atoms with van der Waals surface area (Å²) in [6.07, 6.45) is 17.4. The van der Waals surface area contributed by atoms with Gasteiger partial charge in [-0.3, -0.25) is 9.59 Å². The predicted octanol–water partition coefficient (Wildman–Crippen LogP) is 6.95. The normalized spacial score (nSPS) is 26.1. The van der Waals surface area contributed by atoms with Gasteiger partial charge in [0, 0.05) is 54.0 Å². The molecule has 1 N–H and O–H groups in total. The maximum absolute atomic E-state index is 13.1. The van der Waals surface area contributed by atoms with Gasteiger partial charge in [0.15, 0.2) is 0 Å². The van der Waals surface area contributed by atoms with E-state index in [0.717, 1.165) is 70.4 Å². The number of hydrogen-bond acceptors (Lipinski definition) is 4. The third kappa shape index (κ3) is 4.92. The number of aromatic amines is 1. The lowest BCUT2D eigenvalue weighted by Crippen LogP contribution is -2.36. The quantitative estimate of drug-likeness (QED) is 0.218. The number of carbonyl (C=O) groups excluding carboxylic acids is 2. The molecule has 8 nitrogen and oxygen atoms in total. The number of terminal acetylenes is 1. The van der Waals surface area contributed by atoms with Crippen molar-refractivity contribution in [2.24, 2.45) is 23.7 Å². The van der Waals surface area contributed by atoms with E-state index in [9.17, 15) is 9.59 Å². The molecule has 0 radical (unpaired) electrons. The molecule has 2 saturated heterocycles. The number of nitrogens with zero attached hydrogens (tertiary/aromatic N) is 5. The van der Waals surface area contributed by atoms with Crippen LogP contribution in [0.4, 0.5) is 0 Å². The number of fused-ring (bicyclic) bond motifs is 3. The highest BCUT2D eigenvalue weighted by Gasteiger charge is 2.55. The molecule has 8 heteroatoms. The van der Waals surface area contributed by atoms with Crippen molar-refractivity contribution < 1.29 is 9.59 Å². The van der Waals surface area contributed by atoms with E-state index in [1.807, 2.05) is 12.5 Å². The Morgan fingerprint density at radius 2 is 1.65 bits per heavy atom. The zero-order valence-electron chi connectivity index (χ0n) is 27.1. The lowest BCUT2D eigenvalue weighted by atomic mass is 9.96. The van der Waals surface area contributed by atoms with Crippen LogP contribution in [0.3, 0.4) is 0 Å². The molecule has 0 bridgehead atoms. The van der Waals surface area contributed by atoms with Crippen LogP contribution in [0.15, 0.2) is 49.1 Å². The molecule has 0 spiro atoms. The number of carbonyl (C=O) groups is 2. The number of rotatable bonds is 8. The SMILES string of the molecule is C#Cc1c(-c2c[nH]c([C@@H]3C[C@H]4C[C@H]4N3C(=O)CC(C)C)n2)ccc2cc(-c3cn([C@@H]4C[C@H]5C[C@H]5N4C(=O)CC(C)C)cn3)ccc12. The van der Waals surface area contributed by atoms with E-state index in [1.54, 1.807) is 0 Å². The second-order valence-corrected chi connectivity index (χ2v) is 14.8. The van der Waals surface area contributed by atoms with Gasteiger partial charge in [0.1, 0.15) is 12.0 Å². The first-order chi connectivity index (χ1) is 22.2. The summed E-state index contributed by atoms with van der Waals surface area (Å²) in [5, 5.41) is 2.03. The molecule has 2 amide bonds. The van der Waals surface area contributed by atoms with E-state index < -0.39 is 0 Å². The molecule has 6 atom stereocenters. The fourth-order valence-electron chi connectivity index (χ4n) is 8.17. The molecule has 2 saturated carbocycles. The Labute approximate surface area is 270 Å². The number of piperidine rings is 2. The van der Waals surface area contributed by atoms with E-state index in [1.165, 1.54) is 0 Å². The second-order valence-electron chi connectivity index (χ2n) is 14.8. The molecule has 236 valence electrons. The number of likely N-dealkylation sites (tertiary alicyclic amines) is 2. The molecular formula is C38H42N6O2. The Morgan fingerprint density at radius 3 is 2.39 bits per heavy atom. The zero-order valence-corrected chi connectivity index (χ0v) is 27.1. The van der Waals surface area contributed by atoms with Crippen LogP contribution < -0.4 is 0 Å². The van der Waals surface area contributed by atoms with Crippen molar-refractivity contribution in [1.29, 1.82) is 0 Å². The van der Waals surface area contributed by atoms with E-state index in [2.05, 4.69) is 89.5 Å². The van der Waals surface area contributed by atoms with Crippen molar-refractivity contribution >= 4 is 22.6 Å². The summed E-state index contributed by atoms with van der Waals surface area (Å²) in [4.78, 5) is 43.6. The van der Waals surface area contributed by atoms with Crippen LogP contribution >= 0.6 is 0 Å². The molecule has 8 rings (SSSR count). The highest BCUT2D eigenvalue weighted by Crippen LogP contribution is 2.54. The van der Waals surface area contributed by atoms with Crippen molar-refractivity contribution in [1.82, 2.24) is 29.3 Å². The van der Waals surface area contributed by atoms with Gasteiger partial charge in [-0.1, -0.05) is 57.9 Å². The molecule has 2 aromatic heterocycles. The molecular weight excluding hydrogens is 572 g/mol. The van der Waals surface area contributed by atoms with Gasteiger partial charge in [0.25, 0.3) is 0 Å². The molecule has 0 unspecified atom stereocenters. The average Bonchev–Trinajstić information content (AvgIpc) is 3.62. The Bertz CT molecular complexity index is 1890. The first-order valence-electron chi connectivity index (χ1n) is 16.9. The predicted molar refractivity (Wildman–Crippen MR) is 178 cm³/mol. The average molecular weight is 615 g/mol. The van der Waals surface area contributed by atoms with Crippen LogP contribution in [0.2, 0.25) is 0 Å². The molecule has 2 aromatic carbocycles. The second kappa shape index (κ2) is 10.9. The minimum Gasteiger partial charge on any atom is -0.346 e. The number of imidazole rings is 2. The van der Waals surface area contributed by atoms with Gasteiger partial charge in [-0.15, -0.1) is 6.42 Å². The van der Waals surface area contributed by atoms with Crippen molar-refractivity contribution in [2.45, 2.75) is 90.5 Å². The van der Waals surface area contributed by atoms with E-state index in [0.29, 0.717) is 48.6 Å². The summed E-state index contributed by atoms with van der Waals surface area (Å²) in [6.45, 7) is 8.40. The van der Waals surface area contributed by atoms with Crippen LogP contribution in [0.25, 0.3) is 33.3 Å². The maximum Gasteiger partial charge on any atom is 0.224 e. The fraction of sp³-hybridized carbons (Fsp3) is 0.474. The number of hydrogen-bond donors (Lipinski definition) is 1. The lowest BCUT2D eigenvalue weighted by Gasteiger charge is -2.29. The number of aromatic nitrogens is 4. The topological polar surface area (TPSA) is 87.1 Å². The monoisotopic (exact) mass is 614 g/mol. The Balaban J connectivity index is 1.05. The van der Waals surface area contributed by atoms with Crippen molar-refractivity contribution in [3.8, 4) is 34.9 Å². The number of nitrogens with one attached hydrogen (secondary N) is 1. The molecule has 46 heavy (non-hydrogen) atoms. The van der Waals surface area contributed by atoms with Crippen molar-refractivity contribution in [2.75, 3.05) is 0 Å². The van der Waals surface area contributed by atoms with Crippen LogP contribution in [0.1, 0.15) is 89.8 Å². The largest absolute Gasteiger partial charge is 0.346 e. The summed E-state index contributed by atoms with van der Waals surface area (Å²) in [7, 11) is 0. The van der Waals surface area contributed by atoms with E-state index in [-0.39, 0.29) is 24.0 Å². The van der Waals surface area contributed by atoms with Crippen LogP contribution in [-0.4, -0.2) is 53.2 Å². The molecule has 4 aromatic rings. The molecule has 2 aliphatic heterocycles. The highest BCUT2D eigenvalue weighted by molar-refractivity contribution is 5.96. The van der Waals surface area contributed by atoms with Gasteiger partial charge >= 0.3 is 0 Å². The van der Waals surface area contributed by atoms with Gasteiger partial charge in [-0.25, -0.2) is 9.97 Å². The van der Waals surface area contributed by atoms with Crippen LogP contribution in [0.5, 0.6) is 0 Å². The van der Waals surface area contributed by atoms with Crippen molar-refractivity contribution in [3.05, 3.63) is 60.4 Å². The minimum absolute atomic E-state index is 0.00345. The standard InChI is InChI=1S/C38H42N6O2/c1-6-27-28-9-8-24(31-19-42(20-40-31)35-17-26-15-33(26)44(35)37(46)12-22(4)5)13-23(28)7-10-29(27)30-18-39-38(41-30)34-16-25-14-32(25)43(34)36(45)11-21(2)3/h1,7-10,13,18-22,25-26,32-35H,11-12,14-17H2,2-5H3,(H,39,41)/t25-,26-,32-,33-,34+,35+/m1/s1. The summed E-state index contributed by atoms with van der Waals surface area (Å²) in [5.41, 5.74) is 4.41. The van der Waals surface area contributed by atoms with E-state index in [4.69, 9.17) is 16.4 Å². The number of benzene rings is 2. The van der Waals surface area contributed by atoms with Gasteiger partial charge in [-0.05, 0) is 66.2 Å². The Hall–Kier alpha value is -4.38. The van der Waals surface area contributed by atoms with Crippen LogP contribution in [0, 0.1) is 36.0 Å². The molecule has 4 heterocycles. The number of amides is 2. The smallest absolute Gasteiger partial charge is 0.224 e. The summed E-state index contributed by atoms with van der Waals surface area (Å²) < 4.78 is 2.13. The van der Waals surface area contributed by atoms with Crippen molar-refractivity contribution in [3.63, 3.8) is 0 Å². The number of H-pyrrole nitrogens is 1. The highest BCUT2D eigenvalue weighted by atomic mass is 16.2. The summed E-state index contributed by atoms with van der Waals surface area (Å²) in [5.74, 6) is 6.15. The minimum atomic E-state index is -0.00345. The first-order valence-corrected chi connectivity index (χ1v) is 16.9. The summed E-state index contributed by atoms with van der Waals surface area (Å²) >= 11 is 0. The molecule has 4 aliphatic rings. The van der Waals surface area contributed by atoms with Crippen LogP contribution in [-0.2, 0) is 9.59 Å². The van der Waals surface area contributed by atoms with Gasteiger partial charge in [0.05, 0.1) is 23.8 Å². The lowest BCUT2D eigenvalue weighted by molar-refractivity contribution is -0.136. The zero-order chi connectivity index (χ0) is 31.9. The molecule has 2 aliphatic carbocycles. The van der Waals surface area contributed by atoms with Gasteiger partial charge < -0.3 is 19.4 Å². The van der Waals surface area contributed by atoms with E-state index >= 15 is 0 Å². The summed E-state index contributed by atoms with van der Waals surface area (Å²) in [6, 6.07) is 11.2.